The first-order valence-electron chi connectivity index (χ1n) is 10.4. The van der Waals surface area contributed by atoms with E-state index in [0.717, 1.165) is 69.4 Å². The lowest BCUT2D eigenvalue weighted by Gasteiger charge is -2.37. The molecule has 2 heterocycles. The van der Waals surface area contributed by atoms with Gasteiger partial charge in [0, 0.05) is 63.4 Å². The minimum atomic E-state index is 0. The quantitative estimate of drug-likeness (QED) is 0.348. The summed E-state index contributed by atoms with van der Waals surface area (Å²) in [5.41, 5.74) is 1.03. The van der Waals surface area contributed by atoms with Crippen molar-refractivity contribution in [1.82, 2.24) is 20.0 Å². The average molecular weight is 550 g/mol. The fraction of sp³-hybridized carbons (Fsp3) is 0.619. The number of hydrogen-bond acceptors (Lipinski definition) is 4. The summed E-state index contributed by atoms with van der Waals surface area (Å²) in [4.78, 5) is 23.4. The summed E-state index contributed by atoms with van der Waals surface area (Å²) in [6.07, 6.45) is 3.52. The minimum absolute atomic E-state index is 0. The molecular formula is C21H33ClIN5O2. The number of carbonyl (C=O) groups is 1. The number of piperidine rings is 1. The Labute approximate surface area is 201 Å². The Balaban J connectivity index is 0.00000320. The topological polar surface area (TPSA) is 60.4 Å². The van der Waals surface area contributed by atoms with E-state index in [1.54, 1.807) is 14.2 Å². The van der Waals surface area contributed by atoms with Gasteiger partial charge in [-0.1, -0.05) is 17.7 Å². The Morgan fingerprint density at radius 1 is 1.10 bits per heavy atom. The maximum atomic E-state index is 12.5. The first-order chi connectivity index (χ1) is 14.1. The number of benzene rings is 1. The summed E-state index contributed by atoms with van der Waals surface area (Å²) < 4.78 is 5.42. The van der Waals surface area contributed by atoms with Crippen LogP contribution in [0.2, 0.25) is 5.02 Å². The molecular weight excluding hydrogens is 517 g/mol. The van der Waals surface area contributed by atoms with Crippen LogP contribution in [0.25, 0.3) is 0 Å². The number of carbonyl (C=O) groups excluding carboxylic acids is 1. The van der Waals surface area contributed by atoms with Crippen molar-refractivity contribution in [2.24, 2.45) is 4.99 Å². The Morgan fingerprint density at radius 3 is 2.43 bits per heavy atom. The molecule has 2 saturated heterocycles. The molecule has 0 bridgehead atoms. The van der Waals surface area contributed by atoms with E-state index in [-0.39, 0.29) is 29.9 Å². The smallest absolute Gasteiger partial charge is 0.236 e. The van der Waals surface area contributed by atoms with Crippen LogP contribution in [0.5, 0.6) is 5.75 Å². The van der Waals surface area contributed by atoms with Crippen molar-refractivity contribution >= 4 is 47.4 Å². The zero-order valence-electron chi connectivity index (χ0n) is 17.9. The van der Waals surface area contributed by atoms with E-state index in [0.29, 0.717) is 18.1 Å². The third-order valence-corrected chi connectivity index (χ3v) is 5.87. The highest BCUT2D eigenvalue weighted by Crippen LogP contribution is 2.23. The second-order valence-corrected chi connectivity index (χ2v) is 8.00. The molecule has 2 fully saturated rings. The van der Waals surface area contributed by atoms with Crippen molar-refractivity contribution in [3.05, 3.63) is 28.8 Å². The normalized spacial score (nSPS) is 18.0. The average Bonchev–Trinajstić information content (AvgIpc) is 2.76. The fourth-order valence-electron chi connectivity index (χ4n) is 3.92. The number of guanidine groups is 1. The molecule has 0 unspecified atom stereocenters. The van der Waals surface area contributed by atoms with Gasteiger partial charge in [-0.2, -0.15) is 0 Å². The highest BCUT2D eigenvalue weighted by Gasteiger charge is 2.24. The number of amides is 1. The van der Waals surface area contributed by atoms with Crippen molar-refractivity contribution < 1.29 is 9.53 Å². The molecule has 0 atom stereocenters. The maximum Gasteiger partial charge on any atom is 0.236 e. The number of likely N-dealkylation sites (tertiary alicyclic amines) is 1. The molecule has 1 amide bonds. The summed E-state index contributed by atoms with van der Waals surface area (Å²) in [5, 5.41) is 4.07. The molecule has 1 aromatic rings. The molecule has 2 aliphatic rings. The third-order valence-electron chi connectivity index (χ3n) is 5.64. The zero-order valence-corrected chi connectivity index (χ0v) is 21.0. The molecule has 0 spiro atoms. The largest absolute Gasteiger partial charge is 0.496 e. The number of methoxy groups -OCH3 is 1. The predicted molar refractivity (Wildman–Crippen MR) is 132 cm³/mol. The van der Waals surface area contributed by atoms with Gasteiger partial charge in [0.1, 0.15) is 5.75 Å². The van der Waals surface area contributed by atoms with E-state index in [1.807, 2.05) is 23.1 Å². The number of piperazine rings is 1. The lowest BCUT2D eigenvalue weighted by atomic mass is 10.1. The summed E-state index contributed by atoms with van der Waals surface area (Å²) in [7, 11) is 3.45. The molecule has 2 aliphatic heterocycles. The molecule has 0 radical (unpaired) electrons. The van der Waals surface area contributed by atoms with E-state index >= 15 is 0 Å². The van der Waals surface area contributed by atoms with Crippen molar-refractivity contribution in [3.63, 3.8) is 0 Å². The number of hydrogen-bond donors (Lipinski definition) is 1. The van der Waals surface area contributed by atoms with E-state index in [2.05, 4.69) is 20.1 Å². The van der Waals surface area contributed by atoms with E-state index in [9.17, 15) is 4.79 Å². The SMILES string of the molecule is CN=C(NCc1ccc(Cl)cc1OC)N1CCN(CC(=O)N2CCCCC2)CC1.I. The Morgan fingerprint density at radius 2 is 1.80 bits per heavy atom. The van der Waals surface area contributed by atoms with Crippen LogP contribution in [0.1, 0.15) is 24.8 Å². The summed E-state index contributed by atoms with van der Waals surface area (Å²) >= 11 is 6.04. The molecule has 0 aliphatic carbocycles. The highest BCUT2D eigenvalue weighted by molar-refractivity contribution is 14.0. The summed E-state index contributed by atoms with van der Waals surface area (Å²) in [5.74, 6) is 1.90. The molecule has 168 valence electrons. The molecule has 9 heteroatoms. The summed E-state index contributed by atoms with van der Waals surface area (Å²) in [6, 6.07) is 5.65. The number of nitrogens with one attached hydrogen (secondary N) is 1. The van der Waals surface area contributed by atoms with Gasteiger partial charge in [0.2, 0.25) is 5.91 Å². The fourth-order valence-corrected chi connectivity index (χ4v) is 4.09. The van der Waals surface area contributed by atoms with Crippen LogP contribution >= 0.6 is 35.6 Å². The van der Waals surface area contributed by atoms with E-state index < -0.39 is 0 Å². The Hall–Kier alpha value is -1.26. The minimum Gasteiger partial charge on any atom is -0.496 e. The molecule has 3 rings (SSSR count). The number of nitrogens with zero attached hydrogens (tertiary/aromatic N) is 4. The van der Waals surface area contributed by atoms with Crippen LogP contribution in [0.15, 0.2) is 23.2 Å². The monoisotopic (exact) mass is 549 g/mol. The van der Waals surface area contributed by atoms with Gasteiger partial charge in [-0.15, -0.1) is 24.0 Å². The van der Waals surface area contributed by atoms with Gasteiger partial charge in [0.15, 0.2) is 5.96 Å². The molecule has 1 N–H and O–H groups in total. The van der Waals surface area contributed by atoms with Crippen LogP contribution in [0.4, 0.5) is 0 Å². The van der Waals surface area contributed by atoms with Crippen LogP contribution in [0, 0.1) is 0 Å². The van der Waals surface area contributed by atoms with Gasteiger partial charge in [-0.05, 0) is 31.4 Å². The van der Waals surface area contributed by atoms with Gasteiger partial charge in [-0.25, -0.2) is 0 Å². The van der Waals surface area contributed by atoms with Crippen LogP contribution in [-0.4, -0.2) is 86.5 Å². The number of ether oxygens (including phenoxy) is 1. The van der Waals surface area contributed by atoms with Gasteiger partial charge in [0.05, 0.1) is 13.7 Å². The molecule has 30 heavy (non-hydrogen) atoms. The maximum absolute atomic E-state index is 12.5. The predicted octanol–water partition coefficient (Wildman–Crippen LogP) is 2.67. The highest BCUT2D eigenvalue weighted by atomic mass is 127. The standard InChI is InChI=1S/C21H32ClN5O2.HI/c1-23-21(24-15-17-6-7-18(22)14-19(17)29-2)27-12-10-25(11-13-27)16-20(28)26-8-4-3-5-9-26;/h6-7,14H,3-5,8-13,15-16H2,1-2H3,(H,23,24);1H. The second-order valence-electron chi connectivity index (χ2n) is 7.56. The van der Waals surface area contributed by atoms with Gasteiger partial charge < -0.3 is 19.9 Å². The lowest BCUT2D eigenvalue weighted by molar-refractivity contribution is -0.133. The number of aliphatic imine (C=N–C) groups is 1. The first kappa shape index (κ1) is 25.0. The van der Waals surface area contributed by atoms with Crippen molar-refractivity contribution in [2.45, 2.75) is 25.8 Å². The summed E-state index contributed by atoms with van der Waals surface area (Å²) in [6.45, 7) is 6.42. The van der Waals surface area contributed by atoms with Crippen LogP contribution in [-0.2, 0) is 11.3 Å². The molecule has 0 saturated carbocycles. The van der Waals surface area contributed by atoms with Gasteiger partial charge in [-0.3, -0.25) is 14.7 Å². The number of halogens is 2. The zero-order chi connectivity index (χ0) is 20.6. The lowest BCUT2D eigenvalue weighted by Crippen LogP contribution is -2.54. The van der Waals surface area contributed by atoms with Crippen molar-refractivity contribution in [3.8, 4) is 5.75 Å². The number of rotatable bonds is 5. The molecule has 7 nitrogen and oxygen atoms in total. The van der Waals surface area contributed by atoms with E-state index in [4.69, 9.17) is 16.3 Å². The molecule has 0 aromatic heterocycles. The van der Waals surface area contributed by atoms with E-state index in [1.165, 1.54) is 6.42 Å². The van der Waals surface area contributed by atoms with Crippen LogP contribution in [0.3, 0.4) is 0 Å². The second kappa shape index (κ2) is 12.6. The van der Waals surface area contributed by atoms with Crippen molar-refractivity contribution in [2.75, 3.05) is 60.0 Å². The van der Waals surface area contributed by atoms with Gasteiger partial charge in [0.25, 0.3) is 0 Å². The third kappa shape index (κ3) is 6.88. The van der Waals surface area contributed by atoms with Crippen molar-refractivity contribution in [1.29, 1.82) is 0 Å². The van der Waals surface area contributed by atoms with Gasteiger partial charge >= 0.3 is 0 Å². The van der Waals surface area contributed by atoms with Crippen LogP contribution < -0.4 is 10.1 Å². The Bertz CT molecular complexity index is 719. The molecule has 1 aromatic carbocycles. The first-order valence-corrected chi connectivity index (χ1v) is 10.8. The Kier molecular flexibility index (Phi) is 10.5.